The van der Waals surface area contributed by atoms with Gasteiger partial charge in [0.15, 0.2) is 5.01 Å². The van der Waals surface area contributed by atoms with E-state index in [-0.39, 0.29) is 5.41 Å². The Balaban J connectivity index is 0.000000686. The first kappa shape index (κ1) is 13.8. The van der Waals surface area contributed by atoms with E-state index in [1.807, 2.05) is 26.8 Å². The lowest BCUT2D eigenvalue weighted by Crippen LogP contribution is -2.09. The van der Waals surface area contributed by atoms with E-state index in [0.717, 1.165) is 21.5 Å². The molecule has 0 N–H and O–H groups in total. The molecule has 0 unspecified atom stereocenters. The smallest absolute Gasteiger partial charge is 0.169 e. The summed E-state index contributed by atoms with van der Waals surface area (Å²) in [5, 5.41) is 13.7. The summed E-state index contributed by atoms with van der Waals surface area (Å²) in [5.74, 6) is 0.866. The molecule has 0 spiro atoms. The van der Waals surface area contributed by atoms with Gasteiger partial charge in [0.1, 0.15) is 16.5 Å². The Morgan fingerprint density at radius 2 is 1.82 bits per heavy atom. The molecule has 0 atom stereocenters. The average Bonchev–Trinajstić information content (AvgIpc) is 2.87. The Labute approximate surface area is 106 Å². The second kappa shape index (κ2) is 5.40. The molecule has 0 saturated heterocycles. The van der Waals surface area contributed by atoms with Gasteiger partial charge in [-0.25, -0.2) is 0 Å². The van der Waals surface area contributed by atoms with E-state index in [4.69, 9.17) is 4.52 Å². The van der Waals surface area contributed by atoms with Crippen LogP contribution in [-0.2, 0) is 5.41 Å². The van der Waals surface area contributed by atoms with Crippen LogP contribution in [0.1, 0.15) is 45.4 Å². The molecule has 0 radical (unpaired) electrons. The third kappa shape index (κ3) is 3.36. The van der Waals surface area contributed by atoms with Crippen molar-refractivity contribution in [2.24, 2.45) is 0 Å². The highest BCUT2D eigenvalue weighted by Gasteiger charge is 2.21. The van der Waals surface area contributed by atoms with Crippen molar-refractivity contribution in [1.29, 1.82) is 0 Å². The summed E-state index contributed by atoms with van der Waals surface area (Å²) < 4.78 is 5.28. The molecule has 4 nitrogen and oxygen atoms in total. The summed E-state index contributed by atoms with van der Waals surface area (Å²) in [5.41, 5.74) is 0.746. The molecule has 0 aromatic carbocycles. The fraction of sp³-hybridized carbons (Fsp3) is 0.583. The Morgan fingerprint density at radius 3 is 2.24 bits per heavy atom. The second-order valence-corrected chi connectivity index (χ2v) is 5.63. The lowest BCUT2D eigenvalue weighted by Gasteiger charge is -2.11. The van der Waals surface area contributed by atoms with Crippen molar-refractivity contribution in [2.75, 3.05) is 0 Å². The molecule has 0 fully saturated rings. The van der Waals surface area contributed by atoms with Crippen LogP contribution in [0.5, 0.6) is 0 Å². The zero-order chi connectivity index (χ0) is 13.1. The SMILES string of the molecule is CC.Cc1nnc(-c2cc(C(C)(C)C)on2)s1. The first-order valence-electron chi connectivity index (χ1n) is 5.74. The summed E-state index contributed by atoms with van der Waals surface area (Å²) in [4.78, 5) is 0. The molecule has 2 aromatic rings. The summed E-state index contributed by atoms with van der Waals surface area (Å²) in [6, 6.07) is 1.93. The summed E-state index contributed by atoms with van der Waals surface area (Å²) in [6.07, 6.45) is 0. The first-order valence-corrected chi connectivity index (χ1v) is 6.56. The predicted molar refractivity (Wildman–Crippen MR) is 70.2 cm³/mol. The van der Waals surface area contributed by atoms with E-state index in [9.17, 15) is 0 Å². The normalized spacial score (nSPS) is 10.9. The minimum Gasteiger partial charge on any atom is -0.360 e. The summed E-state index contributed by atoms with van der Waals surface area (Å²) in [7, 11) is 0. The predicted octanol–water partition coefficient (Wildman–Crippen LogP) is 3.83. The maximum atomic E-state index is 5.28. The highest BCUT2D eigenvalue weighted by Crippen LogP contribution is 2.28. The van der Waals surface area contributed by atoms with Crippen molar-refractivity contribution >= 4 is 11.3 Å². The number of hydrogen-bond donors (Lipinski definition) is 0. The van der Waals surface area contributed by atoms with Crippen molar-refractivity contribution in [3.63, 3.8) is 0 Å². The fourth-order valence-electron chi connectivity index (χ4n) is 1.13. The van der Waals surface area contributed by atoms with Gasteiger partial charge in [0.05, 0.1) is 0 Å². The van der Waals surface area contributed by atoms with Gasteiger partial charge < -0.3 is 4.52 Å². The van der Waals surface area contributed by atoms with Gasteiger partial charge in [-0.3, -0.25) is 0 Å². The molecular formula is C12H19N3OS. The zero-order valence-corrected chi connectivity index (χ0v) is 12.1. The topological polar surface area (TPSA) is 51.8 Å². The molecule has 0 aliphatic heterocycles. The molecule has 2 heterocycles. The van der Waals surface area contributed by atoms with Crippen molar-refractivity contribution in [3.05, 3.63) is 16.8 Å². The molecule has 17 heavy (non-hydrogen) atoms. The molecule has 2 aromatic heterocycles. The molecule has 0 aliphatic rings. The monoisotopic (exact) mass is 253 g/mol. The second-order valence-electron chi connectivity index (χ2n) is 4.45. The van der Waals surface area contributed by atoms with Gasteiger partial charge >= 0.3 is 0 Å². The van der Waals surface area contributed by atoms with Crippen molar-refractivity contribution in [3.8, 4) is 10.7 Å². The third-order valence-electron chi connectivity index (χ3n) is 1.99. The van der Waals surface area contributed by atoms with Crippen LogP contribution in [0.15, 0.2) is 10.6 Å². The van der Waals surface area contributed by atoms with Gasteiger partial charge in [0, 0.05) is 11.5 Å². The average molecular weight is 253 g/mol. The van der Waals surface area contributed by atoms with Crippen LogP contribution in [-0.4, -0.2) is 15.4 Å². The number of aromatic nitrogens is 3. The quantitative estimate of drug-likeness (QED) is 0.775. The number of nitrogens with zero attached hydrogens (tertiary/aromatic N) is 3. The van der Waals surface area contributed by atoms with Gasteiger partial charge in [0.25, 0.3) is 0 Å². The maximum Gasteiger partial charge on any atom is 0.169 e. The lowest BCUT2D eigenvalue weighted by atomic mass is 9.93. The lowest BCUT2D eigenvalue weighted by molar-refractivity contribution is 0.330. The van der Waals surface area contributed by atoms with E-state index in [1.54, 1.807) is 0 Å². The van der Waals surface area contributed by atoms with Crippen molar-refractivity contribution in [1.82, 2.24) is 15.4 Å². The van der Waals surface area contributed by atoms with E-state index in [1.165, 1.54) is 11.3 Å². The highest BCUT2D eigenvalue weighted by atomic mass is 32.1. The van der Waals surface area contributed by atoms with E-state index < -0.39 is 0 Å². The Kier molecular flexibility index (Phi) is 4.40. The van der Waals surface area contributed by atoms with Crippen molar-refractivity contribution < 1.29 is 4.52 Å². The standard InChI is InChI=1S/C10H13N3OS.C2H6/c1-6-11-12-9(15-6)7-5-8(14-13-7)10(2,3)4;1-2/h5H,1-4H3;1-2H3. The van der Waals surface area contributed by atoms with E-state index in [2.05, 4.69) is 36.1 Å². The molecule has 0 saturated carbocycles. The van der Waals surface area contributed by atoms with Crippen LogP contribution in [0.3, 0.4) is 0 Å². The molecular weight excluding hydrogens is 234 g/mol. The van der Waals surface area contributed by atoms with Crippen LogP contribution < -0.4 is 0 Å². The minimum atomic E-state index is -0.0228. The molecule has 2 rings (SSSR count). The Morgan fingerprint density at radius 1 is 1.18 bits per heavy atom. The van der Waals surface area contributed by atoms with Gasteiger partial charge in [0.2, 0.25) is 0 Å². The summed E-state index contributed by atoms with van der Waals surface area (Å²) in [6.45, 7) is 12.2. The van der Waals surface area contributed by atoms with Crippen LogP contribution >= 0.6 is 11.3 Å². The van der Waals surface area contributed by atoms with Gasteiger partial charge in [-0.1, -0.05) is 51.1 Å². The fourth-order valence-corrected chi connectivity index (χ4v) is 1.77. The van der Waals surface area contributed by atoms with Gasteiger partial charge in [-0.2, -0.15) is 0 Å². The molecule has 0 aliphatic carbocycles. The number of hydrogen-bond acceptors (Lipinski definition) is 5. The van der Waals surface area contributed by atoms with Crippen LogP contribution in [0, 0.1) is 6.92 Å². The van der Waals surface area contributed by atoms with Gasteiger partial charge in [-0.15, -0.1) is 10.2 Å². The Bertz CT molecular complexity index is 468. The third-order valence-corrected chi connectivity index (χ3v) is 2.86. The highest BCUT2D eigenvalue weighted by molar-refractivity contribution is 7.14. The van der Waals surface area contributed by atoms with E-state index in [0.29, 0.717) is 0 Å². The molecule has 0 amide bonds. The van der Waals surface area contributed by atoms with Crippen LogP contribution in [0.2, 0.25) is 0 Å². The number of rotatable bonds is 1. The first-order chi connectivity index (χ1) is 7.97. The van der Waals surface area contributed by atoms with Crippen LogP contribution in [0.25, 0.3) is 10.7 Å². The minimum absolute atomic E-state index is 0.0228. The summed E-state index contributed by atoms with van der Waals surface area (Å²) >= 11 is 1.52. The molecule has 0 bridgehead atoms. The maximum absolute atomic E-state index is 5.28. The molecule has 94 valence electrons. The Hall–Kier alpha value is -1.23. The van der Waals surface area contributed by atoms with Gasteiger partial charge in [-0.05, 0) is 6.92 Å². The number of aryl methyl sites for hydroxylation is 1. The zero-order valence-electron chi connectivity index (χ0n) is 11.2. The van der Waals surface area contributed by atoms with Crippen LogP contribution in [0.4, 0.5) is 0 Å². The molecule has 5 heteroatoms. The largest absolute Gasteiger partial charge is 0.360 e. The van der Waals surface area contributed by atoms with E-state index >= 15 is 0 Å². The van der Waals surface area contributed by atoms with Crippen molar-refractivity contribution in [2.45, 2.75) is 47.0 Å².